The molecule has 0 bridgehead atoms. The number of hydrogen-bond donors (Lipinski definition) is 0. The van der Waals surface area contributed by atoms with Crippen molar-refractivity contribution in [2.75, 3.05) is 19.7 Å². The maximum Gasteiger partial charge on any atom is 0.410 e. The smallest absolute Gasteiger partial charge is 0.410 e. The first kappa shape index (κ1) is 18.6. The highest BCUT2D eigenvalue weighted by atomic mass is 16.6. The third-order valence-corrected chi connectivity index (χ3v) is 5.96. The Morgan fingerprint density at radius 3 is 2.60 bits per heavy atom. The van der Waals surface area contributed by atoms with Crippen LogP contribution in [0.2, 0.25) is 0 Å². The summed E-state index contributed by atoms with van der Waals surface area (Å²) in [7, 11) is 0. The fourth-order valence-electron chi connectivity index (χ4n) is 4.41. The van der Waals surface area contributed by atoms with Crippen molar-refractivity contribution in [2.24, 2.45) is 0 Å². The number of ether oxygens (including phenoxy) is 1. The average Bonchev–Trinajstić information content (AvgIpc) is 3.40. The lowest BCUT2D eigenvalue weighted by Gasteiger charge is -2.38. The van der Waals surface area contributed by atoms with Crippen molar-refractivity contribution in [3.8, 4) is 0 Å². The molecule has 3 heterocycles. The van der Waals surface area contributed by atoms with E-state index in [-0.39, 0.29) is 24.1 Å². The largest absolute Gasteiger partial charge is 0.447 e. The third-order valence-electron chi connectivity index (χ3n) is 5.96. The second kappa shape index (κ2) is 7.78. The van der Waals surface area contributed by atoms with E-state index in [0.717, 1.165) is 19.3 Å². The predicted molar refractivity (Wildman–Crippen MR) is 108 cm³/mol. The Balaban J connectivity index is 1.24. The molecule has 0 unspecified atom stereocenters. The summed E-state index contributed by atoms with van der Waals surface area (Å²) in [5.41, 5.74) is 2.96. The van der Waals surface area contributed by atoms with E-state index in [9.17, 15) is 9.59 Å². The van der Waals surface area contributed by atoms with Gasteiger partial charge in [-0.2, -0.15) is 0 Å². The molecule has 8 heteroatoms. The van der Waals surface area contributed by atoms with Crippen molar-refractivity contribution >= 4 is 23.0 Å². The molecule has 5 rings (SSSR count). The fourth-order valence-corrected chi connectivity index (χ4v) is 4.41. The van der Waals surface area contributed by atoms with Crippen LogP contribution in [0.15, 0.2) is 53.2 Å². The molecule has 0 radical (unpaired) electrons. The van der Waals surface area contributed by atoms with Gasteiger partial charge in [-0.15, -0.1) is 0 Å². The summed E-state index contributed by atoms with van der Waals surface area (Å²) >= 11 is 0. The summed E-state index contributed by atoms with van der Waals surface area (Å²) in [4.78, 5) is 29.0. The van der Waals surface area contributed by atoms with Crippen LogP contribution in [0.25, 0.3) is 11.0 Å². The standard InChI is InChI=1S/C22H22N4O4/c27-21(16-6-7-19-20(13-16)24-30-23-19)25-10-8-17(9-11-25)26-18(14-29-22(26)28)12-15-4-2-1-3-5-15/h1-7,13,17-18H,8-12,14H2/t18-/m1/s1. The average molecular weight is 406 g/mol. The molecule has 0 saturated carbocycles. The Hall–Kier alpha value is -3.42. The van der Waals surface area contributed by atoms with Gasteiger partial charge in [-0.3, -0.25) is 9.69 Å². The minimum Gasteiger partial charge on any atom is -0.447 e. The number of carbonyl (C=O) groups excluding carboxylic acids is 2. The van der Waals surface area contributed by atoms with Crippen LogP contribution >= 0.6 is 0 Å². The van der Waals surface area contributed by atoms with Crippen molar-refractivity contribution in [3.63, 3.8) is 0 Å². The molecule has 1 atom stereocenters. The highest BCUT2D eigenvalue weighted by Gasteiger charge is 2.39. The molecular formula is C22H22N4O4. The minimum absolute atomic E-state index is 0.0363. The number of carbonyl (C=O) groups is 2. The number of benzene rings is 2. The zero-order valence-corrected chi connectivity index (χ0v) is 16.4. The summed E-state index contributed by atoms with van der Waals surface area (Å²) in [6.45, 7) is 1.61. The quantitative estimate of drug-likeness (QED) is 0.662. The van der Waals surface area contributed by atoms with Crippen LogP contribution in [0.4, 0.5) is 4.79 Å². The molecule has 2 saturated heterocycles. The van der Waals surface area contributed by atoms with Crippen molar-refractivity contribution in [1.29, 1.82) is 0 Å². The monoisotopic (exact) mass is 406 g/mol. The van der Waals surface area contributed by atoms with E-state index in [4.69, 9.17) is 9.37 Å². The molecule has 8 nitrogen and oxygen atoms in total. The maximum atomic E-state index is 12.9. The topological polar surface area (TPSA) is 88.8 Å². The molecule has 0 aliphatic carbocycles. The molecule has 2 aliphatic heterocycles. The normalized spacial score (nSPS) is 20.0. The van der Waals surface area contributed by atoms with E-state index in [0.29, 0.717) is 36.3 Å². The predicted octanol–water partition coefficient (Wildman–Crippen LogP) is 2.89. The Kier molecular flexibility index (Phi) is 4.82. The van der Waals surface area contributed by atoms with E-state index >= 15 is 0 Å². The van der Waals surface area contributed by atoms with Gasteiger partial charge in [-0.25, -0.2) is 9.42 Å². The lowest BCUT2D eigenvalue weighted by Crippen LogP contribution is -2.50. The second-order valence-corrected chi connectivity index (χ2v) is 7.82. The molecular weight excluding hydrogens is 384 g/mol. The zero-order valence-electron chi connectivity index (χ0n) is 16.4. The van der Waals surface area contributed by atoms with Crippen LogP contribution in [-0.2, 0) is 11.2 Å². The lowest BCUT2D eigenvalue weighted by molar-refractivity contribution is 0.0637. The number of likely N-dealkylation sites (tertiary alicyclic amines) is 1. The minimum atomic E-state index is -0.246. The number of nitrogens with zero attached hydrogens (tertiary/aromatic N) is 4. The molecule has 0 spiro atoms. The number of piperidine rings is 1. The first-order valence-electron chi connectivity index (χ1n) is 10.2. The fraction of sp³-hybridized carbons (Fsp3) is 0.364. The molecule has 3 aromatic rings. The van der Waals surface area contributed by atoms with Gasteiger partial charge in [-0.1, -0.05) is 30.3 Å². The molecule has 1 aromatic heterocycles. The Morgan fingerprint density at radius 2 is 1.80 bits per heavy atom. The van der Waals surface area contributed by atoms with Gasteiger partial charge in [0.1, 0.15) is 17.6 Å². The number of cyclic esters (lactones) is 1. The number of hydrogen-bond acceptors (Lipinski definition) is 6. The molecule has 154 valence electrons. The highest BCUT2D eigenvalue weighted by Crippen LogP contribution is 2.27. The third kappa shape index (κ3) is 3.49. The Labute approximate surface area is 173 Å². The summed E-state index contributed by atoms with van der Waals surface area (Å²) in [6, 6.07) is 15.5. The van der Waals surface area contributed by atoms with E-state index in [1.54, 1.807) is 18.2 Å². The molecule has 2 aromatic carbocycles. The summed E-state index contributed by atoms with van der Waals surface area (Å²) in [5.74, 6) is -0.0387. The van der Waals surface area contributed by atoms with Gasteiger partial charge < -0.3 is 9.64 Å². The van der Waals surface area contributed by atoms with Crippen LogP contribution in [-0.4, -0.2) is 63.9 Å². The summed E-state index contributed by atoms with van der Waals surface area (Å²) in [6.07, 6.45) is 2.00. The molecule has 2 amide bonds. The molecule has 2 aliphatic rings. The number of amides is 2. The first-order chi connectivity index (χ1) is 14.7. The molecule has 30 heavy (non-hydrogen) atoms. The summed E-state index contributed by atoms with van der Waals surface area (Å²) < 4.78 is 10.1. The van der Waals surface area contributed by atoms with Crippen molar-refractivity contribution < 1.29 is 19.0 Å². The zero-order chi connectivity index (χ0) is 20.5. The van der Waals surface area contributed by atoms with E-state index in [1.807, 2.05) is 28.0 Å². The molecule has 0 N–H and O–H groups in total. The van der Waals surface area contributed by atoms with Crippen LogP contribution < -0.4 is 0 Å². The van der Waals surface area contributed by atoms with E-state index in [2.05, 4.69) is 22.4 Å². The summed E-state index contributed by atoms with van der Waals surface area (Å²) in [5, 5.41) is 7.58. The van der Waals surface area contributed by atoms with Crippen LogP contribution in [0.3, 0.4) is 0 Å². The van der Waals surface area contributed by atoms with Crippen LogP contribution in [0.1, 0.15) is 28.8 Å². The van der Waals surface area contributed by atoms with Crippen molar-refractivity contribution in [2.45, 2.75) is 31.3 Å². The van der Waals surface area contributed by atoms with Gasteiger partial charge >= 0.3 is 6.09 Å². The number of rotatable bonds is 4. The van der Waals surface area contributed by atoms with Gasteiger partial charge in [-0.05, 0) is 53.3 Å². The van der Waals surface area contributed by atoms with Crippen molar-refractivity contribution in [1.82, 2.24) is 20.1 Å². The number of aromatic nitrogens is 2. The van der Waals surface area contributed by atoms with Crippen LogP contribution in [0.5, 0.6) is 0 Å². The van der Waals surface area contributed by atoms with Gasteiger partial charge in [0.05, 0.1) is 6.04 Å². The van der Waals surface area contributed by atoms with E-state index in [1.165, 1.54) is 5.56 Å². The first-order valence-corrected chi connectivity index (χ1v) is 10.2. The maximum absolute atomic E-state index is 12.9. The van der Waals surface area contributed by atoms with Gasteiger partial charge in [0, 0.05) is 24.7 Å². The highest BCUT2D eigenvalue weighted by molar-refractivity contribution is 5.97. The van der Waals surface area contributed by atoms with Gasteiger partial charge in [0.2, 0.25) is 0 Å². The Morgan fingerprint density at radius 1 is 1.03 bits per heavy atom. The van der Waals surface area contributed by atoms with Crippen LogP contribution in [0, 0.1) is 0 Å². The SMILES string of the molecule is O=C(c1ccc2nonc2c1)N1CCC(N2C(=O)OC[C@H]2Cc2ccccc2)CC1. The lowest BCUT2D eigenvalue weighted by atomic mass is 9.98. The van der Waals surface area contributed by atoms with Gasteiger partial charge in [0.25, 0.3) is 5.91 Å². The Bertz CT molecular complexity index is 1060. The molecule has 2 fully saturated rings. The number of fused-ring (bicyclic) bond motifs is 1. The second-order valence-electron chi connectivity index (χ2n) is 7.82. The van der Waals surface area contributed by atoms with Crippen molar-refractivity contribution in [3.05, 3.63) is 59.7 Å². The van der Waals surface area contributed by atoms with E-state index < -0.39 is 0 Å². The van der Waals surface area contributed by atoms with Gasteiger partial charge in [0.15, 0.2) is 0 Å².